The summed E-state index contributed by atoms with van der Waals surface area (Å²) in [6.45, 7) is 0. The van der Waals surface area contributed by atoms with Gasteiger partial charge in [0.2, 0.25) is 0 Å². The molecule has 0 spiro atoms. The maximum absolute atomic E-state index is 11.8. The number of methoxy groups -OCH3 is 2. The average molecular weight is 400 g/mol. The van der Waals surface area contributed by atoms with Crippen molar-refractivity contribution in [1.82, 2.24) is 15.6 Å². The van der Waals surface area contributed by atoms with Crippen molar-refractivity contribution in [3.8, 4) is 11.5 Å². The van der Waals surface area contributed by atoms with Crippen LogP contribution in [0, 0.1) is 3.57 Å². The number of H-pyrrole nitrogens is 1. The first-order valence-electron chi connectivity index (χ1n) is 5.90. The molecular weight excluding hydrogens is 387 g/mol. The second kappa shape index (κ2) is 7.07. The molecule has 0 aliphatic rings. The molecule has 2 N–H and O–H groups in total. The number of aromatic nitrogens is 2. The van der Waals surface area contributed by atoms with E-state index in [4.69, 9.17) is 9.47 Å². The number of nitrogens with zero attached hydrogens (tertiary/aromatic N) is 2. The SMILES string of the molecule is COc1ccc(/C=N/NC(=O)c2[nH]ncc2I)c(OC)c1. The minimum Gasteiger partial charge on any atom is -0.497 e. The Morgan fingerprint density at radius 2 is 2.24 bits per heavy atom. The van der Waals surface area contributed by atoms with Crippen LogP contribution >= 0.6 is 22.6 Å². The minimum atomic E-state index is -0.361. The van der Waals surface area contributed by atoms with Gasteiger partial charge in [-0.1, -0.05) is 0 Å². The molecule has 0 radical (unpaired) electrons. The Morgan fingerprint density at radius 3 is 2.86 bits per heavy atom. The van der Waals surface area contributed by atoms with E-state index in [1.807, 2.05) is 22.6 Å². The van der Waals surface area contributed by atoms with Gasteiger partial charge in [-0.15, -0.1) is 0 Å². The Kier molecular flexibility index (Phi) is 5.14. The fourth-order valence-electron chi connectivity index (χ4n) is 1.57. The molecule has 0 bridgehead atoms. The van der Waals surface area contributed by atoms with E-state index in [1.54, 1.807) is 38.6 Å². The number of ether oxygens (including phenoxy) is 2. The van der Waals surface area contributed by atoms with Gasteiger partial charge in [0, 0.05) is 11.6 Å². The molecule has 1 aromatic carbocycles. The first-order chi connectivity index (χ1) is 10.2. The summed E-state index contributed by atoms with van der Waals surface area (Å²) in [5, 5.41) is 10.3. The van der Waals surface area contributed by atoms with Gasteiger partial charge in [0.25, 0.3) is 5.91 Å². The molecule has 1 heterocycles. The molecule has 1 amide bonds. The van der Waals surface area contributed by atoms with Crippen LogP contribution in [0.3, 0.4) is 0 Å². The third-order valence-corrected chi connectivity index (χ3v) is 3.45. The van der Waals surface area contributed by atoms with Gasteiger partial charge >= 0.3 is 0 Å². The second-order valence-corrected chi connectivity index (χ2v) is 5.06. The molecule has 2 rings (SSSR count). The molecule has 0 aliphatic carbocycles. The molecule has 7 nitrogen and oxygen atoms in total. The van der Waals surface area contributed by atoms with Crippen LogP contribution in [0.25, 0.3) is 0 Å². The molecule has 0 atom stereocenters. The Morgan fingerprint density at radius 1 is 1.43 bits per heavy atom. The molecule has 0 unspecified atom stereocenters. The highest BCUT2D eigenvalue weighted by Crippen LogP contribution is 2.22. The van der Waals surface area contributed by atoms with Crippen molar-refractivity contribution in [3.63, 3.8) is 0 Å². The normalized spacial score (nSPS) is 10.6. The van der Waals surface area contributed by atoms with Gasteiger partial charge in [-0.2, -0.15) is 10.2 Å². The first kappa shape index (κ1) is 15.3. The smallest absolute Gasteiger partial charge is 0.290 e. The maximum Gasteiger partial charge on any atom is 0.290 e. The first-order valence-corrected chi connectivity index (χ1v) is 6.98. The van der Waals surface area contributed by atoms with Crippen molar-refractivity contribution in [2.24, 2.45) is 5.10 Å². The molecule has 1 aromatic heterocycles. The van der Waals surface area contributed by atoms with Crippen molar-refractivity contribution < 1.29 is 14.3 Å². The van der Waals surface area contributed by atoms with Crippen molar-refractivity contribution >= 4 is 34.7 Å². The number of amides is 1. The van der Waals surface area contributed by atoms with E-state index < -0.39 is 0 Å². The van der Waals surface area contributed by atoms with Crippen LogP contribution in [0.1, 0.15) is 16.1 Å². The zero-order valence-electron chi connectivity index (χ0n) is 11.4. The largest absolute Gasteiger partial charge is 0.497 e. The molecule has 0 fully saturated rings. The van der Waals surface area contributed by atoms with Gasteiger partial charge in [-0.3, -0.25) is 9.89 Å². The summed E-state index contributed by atoms with van der Waals surface area (Å²) in [5.74, 6) is 0.921. The van der Waals surface area contributed by atoms with Gasteiger partial charge in [-0.05, 0) is 34.7 Å². The van der Waals surface area contributed by atoms with E-state index in [0.717, 1.165) is 9.13 Å². The molecule has 0 saturated carbocycles. The number of aromatic amines is 1. The fourth-order valence-corrected chi connectivity index (χ4v) is 2.08. The molecule has 2 aromatic rings. The van der Waals surface area contributed by atoms with Crippen LogP contribution in [0.5, 0.6) is 11.5 Å². The lowest BCUT2D eigenvalue weighted by molar-refractivity contribution is 0.0949. The van der Waals surface area contributed by atoms with Crippen LogP contribution in [0.15, 0.2) is 29.5 Å². The zero-order chi connectivity index (χ0) is 15.2. The van der Waals surface area contributed by atoms with Crippen LogP contribution in [0.2, 0.25) is 0 Å². The van der Waals surface area contributed by atoms with E-state index in [9.17, 15) is 4.79 Å². The van der Waals surface area contributed by atoms with Crippen molar-refractivity contribution in [3.05, 3.63) is 39.2 Å². The van der Waals surface area contributed by atoms with Crippen molar-refractivity contribution in [1.29, 1.82) is 0 Å². The van der Waals surface area contributed by atoms with E-state index in [0.29, 0.717) is 17.2 Å². The van der Waals surface area contributed by atoms with E-state index >= 15 is 0 Å². The number of hydrogen-bond donors (Lipinski definition) is 2. The van der Waals surface area contributed by atoms with Crippen molar-refractivity contribution in [2.45, 2.75) is 0 Å². The highest BCUT2D eigenvalue weighted by molar-refractivity contribution is 14.1. The summed E-state index contributed by atoms with van der Waals surface area (Å²) in [6, 6.07) is 5.30. The standard InChI is InChI=1S/C13H13IN4O3/c1-20-9-4-3-8(11(5-9)21-2)6-15-18-13(19)12-10(14)7-16-17-12/h3-7H,1-2H3,(H,16,17)(H,18,19)/b15-6+. The number of carbonyl (C=O) groups excluding carboxylic acids is 1. The number of halogens is 1. The molecule has 21 heavy (non-hydrogen) atoms. The predicted molar refractivity (Wildman–Crippen MR) is 85.9 cm³/mol. The summed E-state index contributed by atoms with van der Waals surface area (Å²) >= 11 is 2.01. The summed E-state index contributed by atoms with van der Waals surface area (Å²) in [6.07, 6.45) is 3.06. The van der Waals surface area contributed by atoms with Gasteiger partial charge in [0.15, 0.2) is 0 Å². The lowest BCUT2D eigenvalue weighted by Gasteiger charge is -2.06. The average Bonchev–Trinajstić information content (AvgIpc) is 2.93. The van der Waals surface area contributed by atoms with Gasteiger partial charge in [0.05, 0.1) is 30.2 Å². The van der Waals surface area contributed by atoms with Gasteiger partial charge < -0.3 is 9.47 Å². The summed E-state index contributed by atoms with van der Waals surface area (Å²) in [4.78, 5) is 11.8. The Labute approximate surface area is 134 Å². The van der Waals surface area contributed by atoms with Crippen LogP contribution in [0.4, 0.5) is 0 Å². The van der Waals surface area contributed by atoms with E-state index in [2.05, 4.69) is 20.7 Å². The molecule has 0 aliphatic heterocycles. The predicted octanol–water partition coefficient (Wildman–Crippen LogP) is 1.80. The minimum absolute atomic E-state index is 0.361. The second-order valence-electron chi connectivity index (χ2n) is 3.90. The lowest BCUT2D eigenvalue weighted by atomic mass is 10.2. The highest BCUT2D eigenvalue weighted by atomic mass is 127. The molecule has 8 heteroatoms. The monoisotopic (exact) mass is 400 g/mol. The topological polar surface area (TPSA) is 88.6 Å². The van der Waals surface area contributed by atoms with E-state index in [1.165, 1.54) is 6.21 Å². The Hall–Kier alpha value is -2.10. The number of hydrogen-bond acceptors (Lipinski definition) is 5. The summed E-state index contributed by atoms with van der Waals surface area (Å²) in [5.41, 5.74) is 3.51. The number of hydrazone groups is 1. The molecular formula is C13H13IN4O3. The highest BCUT2D eigenvalue weighted by Gasteiger charge is 2.10. The fraction of sp³-hybridized carbons (Fsp3) is 0.154. The maximum atomic E-state index is 11.8. The van der Waals surface area contributed by atoms with Crippen LogP contribution in [-0.2, 0) is 0 Å². The number of benzene rings is 1. The number of rotatable bonds is 5. The summed E-state index contributed by atoms with van der Waals surface area (Å²) < 4.78 is 11.1. The van der Waals surface area contributed by atoms with E-state index in [-0.39, 0.29) is 5.91 Å². The Bertz CT molecular complexity index is 669. The van der Waals surface area contributed by atoms with Crippen LogP contribution in [-0.4, -0.2) is 36.5 Å². The lowest BCUT2D eigenvalue weighted by Crippen LogP contribution is -2.19. The molecule has 0 saturated heterocycles. The third kappa shape index (κ3) is 3.72. The summed E-state index contributed by atoms with van der Waals surface area (Å²) in [7, 11) is 3.13. The number of nitrogens with one attached hydrogen (secondary N) is 2. The van der Waals surface area contributed by atoms with Gasteiger partial charge in [-0.25, -0.2) is 5.43 Å². The zero-order valence-corrected chi connectivity index (χ0v) is 13.5. The van der Waals surface area contributed by atoms with Crippen molar-refractivity contribution in [2.75, 3.05) is 14.2 Å². The van der Waals surface area contributed by atoms with Crippen LogP contribution < -0.4 is 14.9 Å². The quantitative estimate of drug-likeness (QED) is 0.455. The molecule has 110 valence electrons. The third-order valence-electron chi connectivity index (χ3n) is 2.63. The Balaban J connectivity index is 2.08. The number of carbonyl (C=O) groups is 1. The van der Waals surface area contributed by atoms with Gasteiger partial charge in [0.1, 0.15) is 17.2 Å².